The quantitative estimate of drug-likeness (QED) is 0.372. The zero-order valence-corrected chi connectivity index (χ0v) is 7.53. The Hall–Kier alpha value is -1.09. The van der Waals surface area contributed by atoms with E-state index in [4.69, 9.17) is 4.74 Å². The van der Waals surface area contributed by atoms with Gasteiger partial charge in [-0.2, -0.15) is 0 Å². The van der Waals surface area contributed by atoms with Crippen LogP contribution in [0.3, 0.4) is 0 Å². The number of esters is 1. The number of ether oxygens (including phenoxy) is 2. The smallest absolute Gasteiger partial charge is 0.336 e. The van der Waals surface area contributed by atoms with Crippen LogP contribution in [0.15, 0.2) is 23.8 Å². The van der Waals surface area contributed by atoms with Gasteiger partial charge in [-0.05, 0) is 12.3 Å². The molecule has 0 N–H and O–H groups in total. The lowest BCUT2D eigenvalue weighted by molar-refractivity contribution is -0.149. The number of methoxy groups -OCH3 is 1. The topological polar surface area (TPSA) is 35.5 Å². The van der Waals surface area contributed by atoms with E-state index in [1.54, 1.807) is 0 Å². The number of hydrogen-bond donors (Lipinski definition) is 0. The van der Waals surface area contributed by atoms with Crippen LogP contribution in [0.2, 0.25) is 0 Å². The Morgan fingerprint density at radius 1 is 1.62 bits per heavy atom. The van der Waals surface area contributed by atoms with Gasteiger partial charge < -0.3 is 9.47 Å². The zero-order valence-electron chi connectivity index (χ0n) is 7.53. The molecule has 0 fully saturated rings. The fourth-order valence-corrected chi connectivity index (χ4v) is 1.85. The van der Waals surface area contributed by atoms with Crippen LogP contribution in [0, 0.1) is 11.8 Å². The standard InChI is InChI=1S/C10H12O3/c1-12-6-13-10(11)9-5-7-2-3-8(9)4-7/h2-3,5,7-8H,4,6H2,1H3. The van der Waals surface area contributed by atoms with Crippen molar-refractivity contribution in [1.29, 1.82) is 0 Å². The maximum absolute atomic E-state index is 11.4. The molecule has 0 amide bonds. The summed E-state index contributed by atoms with van der Waals surface area (Å²) in [5.41, 5.74) is 0.796. The summed E-state index contributed by atoms with van der Waals surface area (Å²) >= 11 is 0. The summed E-state index contributed by atoms with van der Waals surface area (Å²) in [6, 6.07) is 0. The Morgan fingerprint density at radius 3 is 3.00 bits per heavy atom. The van der Waals surface area contributed by atoms with E-state index in [0.717, 1.165) is 12.0 Å². The third kappa shape index (κ3) is 1.52. The van der Waals surface area contributed by atoms with Gasteiger partial charge in [-0.15, -0.1) is 0 Å². The highest BCUT2D eigenvalue weighted by Crippen LogP contribution is 2.38. The molecule has 2 atom stereocenters. The maximum Gasteiger partial charge on any atom is 0.336 e. The molecule has 70 valence electrons. The van der Waals surface area contributed by atoms with E-state index in [9.17, 15) is 4.79 Å². The van der Waals surface area contributed by atoms with Crippen molar-refractivity contribution in [1.82, 2.24) is 0 Å². The van der Waals surface area contributed by atoms with E-state index in [1.807, 2.05) is 6.08 Å². The minimum Gasteiger partial charge on any atom is -0.435 e. The van der Waals surface area contributed by atoms with E-state index in [0.29, 0.717) is 5.92 Å². The van der Waals surface area contributed by atoms with E-state index in [-0.39, 0.29) is 18.7 Å². The van der Waals surface area contributed by atoms with Gasteiger partial charge >= 0.3 is 5.97 Å². The van der Waals surface area contributed by atoms with Gasteiger partial charge in [-0.3, -0.25) is 0 Å². The third-order valence-electron chi connectivity index (χ3n) is 2.45. The highest BCUT2D eigenvalue weighted by Gasteiger charge is 2.32. The molecule has 0 saturated heterocycles. The monoisotopic (exact) mass is 180 g/mol. The number of allylic oxidation sites excluding steroid dienone is 3. The molecule has 0 aromatic rings. The molecule has 0 aromatic heterocycles. The molecule has 2 unspecified atom stereocenters. The van der Waals surface area contributed by atoms with Gasteiger partial charge in [0.2, 0.25) is 0 Å². The van der Waals surface area contributed by atoms with Crippen LogP contribution in [0.4, 0.5) is 0 Å². The number of fused-ring (bicyclic) bond motifs is 2. The highest BCUT2D eigenvalue weighted by molar-refractivity contribution is 5.90. The molecule has 2 rings (SSSR count). The fraction of sp³-hybridized carbons (Fsp3) is 0.500. The Kier molecular flexibility index (Phi) is 2.19. The largest absolute Gasteiger partial charge is 0.435 e. The second kappa shape index (κ2) is 3.34. The highest BCUT2D eigenvalue weighted by atomic mass is 16.7. The SMILES string of the molecule is COCOC(=O)C1=CC2C=CC1C2. The molecule has 0 saturated carbocycles. The minimum atomic E-state index is -0.237. The zero-order chi connectivity index (χ0) is 9.26. The summed E-state index contributed by atoms with van der Waals surface area (Å²) in [4.78, 5) is 11.4. The van der Waals surface area contributed by atoms with Crippen LogP contribution < -0.4 is 0 Å². The van der Waals surface area contributed by atoms with Crippen molar-refractivity contribution in [2.75, 3.05) is 13.9 Å². The summed E-state index contributed by atoms with van der Waals surface area (Å²) in [6.45, 7) is 0.0390. The van der Waals surface area contributed by atoms with Crippen molar-refractivity contribution < 1.29 is 14.3 Å². The second-order valence-corrected chi connectivity index (χ2v) is 3.35. The first kappa shape index (κ1) is 8.51. The lowest BCUT2D eigenvalue weighted by Gasteiger charge is -2.08. The molecule has 3 nitrogen and oxygen atoms in total. The molecule has 13 heavy (non-hydrogen) atoms. The molecule has 0 radical (unpaired) electrons. The number of carbonyl (C=O) groups excluding carboxylic acids is 1. The average Bonchev–Trinajstić information content (AvgIpc) is 2.74. The summed E-state index contributed by atoms with van der Waals surface area (Å²) < 4.78 is 9.53. The van der Waals surface area contributed by atoms with Gasteiger partial charge in [0, 0.05) is 18.6 Å². The number of rotatable bonds is 3. The van der Waals surface area contributed by atoms with Crippen molar-refractivity contribution in [2.24, 2.45) is 11.8 Å². The number of hydrogen-bond acceptors (Lipinski definition) is 3. The predicted molar refractivity (Wildman–Crippen MR) is 46.8 cm³/mol. The predicted octanol–water partition coefficient (Wildman–Crippen LogP) is 1.27. The first-order valence-electron chi connectivity index (χ1n) is 4.37. The van der Waals surface area contributed by atoms with Crippen molar-refractivity contribution in [2.45, 2.75) is 6.42 Å². The normalized spacial score (nSPS) is 29.2. The fourth-order valence-electron chi connectivity index (χ4n) is 1.85. The van der Waals surface area contributed by atoms with Gasteiger partial charge in [0.05, 0.1) is 0 Å². The Morgan fingerprint density at radius 2 is 2.46 bits per heavy atom. The molecular weight excluding hydrogens is 168 g/mol. The first-order valence-corrected chi connectivity index (χ1v) is 4.37. The van der Waals surface area contributed by atoms with E-state index in [1.165, 1.54) is 7.11 Å². The van der Waals surface area contributed by atoms with Crippen LogP contribution in [0.25, 0.3) is 0 Å². The van der Waals surface area contributed by atoms with Crippen LogP contribution in [-0.2, 0) is 14.3 Å². The lowest BCUT2D eigenvalue weighted by atomic mass is 10.0. The maximum atomic E-state index is 11.4. The molecular formula is C10H12O3. The van der Waals surface area contributed by atoms with Gasteiger partial charge in [-0.1, -0.05) is 18.2 Å². The average molecular weight is 180 g/mol. The van der Waals surface area contributed by atoms with Gasteiger partial charge in [0.25, 0.3) is 0 Å². The van der Waals surface area contributed by atoms with Gasteiger partial charge in [-0.25, -0.2) is 4.79 Å². The van der Waals surface area contributed by atoms with Crippen molar-refractivity contribution in [3.8, 4) is 0 Å². The molecule has 2 aliphatic rings. The molecule has 2 aliphatic carbocycles. The lowest BCUT2D eigenvalue weighted by Crippen LogP contribution is -2.13. The van der Waals surface area contributed by atoms with E-state index >= 15 is 0 Å². The summed E-state index contributed by atoms with van der Waals surface area (Å²) in [5.74, 6) is 0.503. The van der Waals surface area contributed by atoms with Crippen molar-refractivity contribution in [3.05, 3.63) is 23.8 Å². The van der Waals surface area contributed by atoms with E-state index < -0.39 is 0 Å². The van der Waals surface area contributed by atoms with Gasteiger partial charge in [0.1, 0.15) is 0 Å². The third-order valence-corrected chi connectivity index (χ3v) is 2.45. The molecule has 3 heteroatoms. The summed E-state index contributed by atoms with van der Waals surface area (Å²) in [7, 11) is 1.50. The van der Waals surface area contributed by atoms with Crippen LogP contribution in [0.1, 0.15) is 6.42 Å². The molecule has 0 aromatic carbocycles. The molecule has 0 spiro atoms. The van der Waals surface area contributed by atoms with E-state index in [2.05, 4.69) is 16.9 Å². The van der Waals surface area contributed by atoms with Crippen LogP contribution in [-0.4, -0.2) is 19.9 Å². The molecule has 0 aliphatic heterocycles. The second-order valence-electron chi connectivity index (χ2n) is 3.35. The summed E-state index contributed by atoms with van der Waals surface area (Å²) in [6.07, 6.45) is 7.24. The van der Waals surface area contributed by atoms with Gasteiger partial charge in [0.15, 0.2) is 6.79 Å². The van der Waals surface area contributed by atoms with Crippen LogP contribution >= 0.6 is 0 Å². The Bertz CT molecular complexity index is 278. The molecule has 2 bridgehead atoms. The Labute approximate surface area is 77.0 Å². The van der Waals surface area contributed by atoms with Crippen molar-refractivity contribution >= 4 is 5.97 Å². The van der Waals surface area contributed by atoms with Crippen molar-refractivity contribution in [3.63, 3.8) is 0 Å². The Balaban J connectivity index is 1.95. The minimum absolute atomic E-state index is 0.0390. The summed E-state index contributed by atoms with van der Waals surface area (Å²) in [5, 5.41) is 0. The molecule has 0 heterocycles. The first-order chi connectivity index (χ1) is 6.31. The number of carbonyl (C=O) groups is 1. The van der Waals surface area contributed by atoms with Crippen LogP contribution in [0.5, 0.6) is 0 Å².